The van der Waals surface area contributed by atoms with E-state index in [9.17, 15) is 4.79 Å². The highest BCUT2D eigenvalue weighted by Crippen LogP contribution is 2.26. The monoisotopic (exact) mass is 283 g/mol. The van der Waals surface area contributed by atoms with Gasteiger partial charge in [-0.15, -0.1) is 0 Å². The molecule has 0 bridgehead atoms. The standard InChI is InChI=1S/C14H18ClNO3/c15-12-4-1-2-5-13(12)19-11-7-9-16(10-11)8-3-6-14(17)18/h1-2,4-5,11H,3,6-10H2,(H,17,18). The normalized spacial score (nSPS) is 19.5. The molecule has 1 aliphatic heterocycles. The van der Waals surface area contributed by atoms with Gasteiger partial charge in [-0.05, 0) is 31.5 Å². The lowest BCUT2D eigenvalue weighted by Gasteiger charge is -2.17. The van der Waals surface area contributed by atoms with Crippen molar-refractivity contribution in [1.82, 2.24) is 4.90 Å². The number of halogens is 1. The average Bonchev–Trinajstić information content (AvgIpc) is 2.79. The maximum Gasteiger partial charge on any atom is 0.303 e. The van der Waals surface area contributed by atoms with Crippen LogP contribution in [0.1, 0.15) is 19.3 Å². The van der Waals surface area contributed by atoms with E-state index in [1.165, 1.54) is 0 Å². The van der Waals surface area contributed by atoms with Gasteiger partial charge in [-0.1, -0.05) is 23.7 Å². The summed E-state index contributed by atoms with van der Waals surface area (Å²) in [7, 11) is 0. The van der Waals surface area contributed by atoms with Crippen LogP contribution in [0, 0.1) is 0 Å². The van der Waals surface area contributed by atoms with Crippen LogP contribution in [-0.2, 0) is 4.79 Å². The summed E-state index contributed by atoms with van der Waals surface area (Å²) in [5.41, 5.74) is 0. The lowest BCUT2D eigenvalue weighted by Crippen LogP contribution is -2.26. The number of carboxylic acids is 1. The van der Waals surface area contributed by atoms with Crippen molar-refractivity contribution in [2.24, 2.45) is 0 Å². The third-order valence-corrected chi connectivity index (χ3v) is 3.54. The highest BCUT2D eigenvalue weighted by Gasteiger charge is 2.24. The molecule has 104 valence electrons. The fourth-order valence-electron chi connectivity index (χ4n) is 2.27. The quantitative estimate of drug-likeness (QED) is 0.872. The molecule has 1 aromatic carbocycles. The van der Waals surface area contributed by atoms with Crippen molar-refractivity contribution in [3.63, 3.8) is 0 Å². The third-order valence-electron chi connectivity index (χ3n) is 3.22. The second-order valence-corrected chi connectivity index (χ2v) is 5.16. The van der Waals surface area contributed by atoms with Crippen LogP contribution in [0.15, 0.2) is 24.3 Å². The zero-order valence-electron chi connectivity index (χ0n) is 10.7. The van der Waals surface area contributed by atoms with Crippen LogP contribution in [0.4, 0.5) is 0 Å². The lowest BCUT2D eigenvalue weighted by molar-refractivity contribution is -0.137. The predicted molar refractivity (Wildman–Crippen MR) is 73.8 cm³/mol. The van der Waals surface area contributed by atoms with Crippen LogP contribution < -0.4 is 4.74 Å². The van der Waals surface area contributed by atoms with Crippen molar-refractivity contribution < 1.29 is 14.6 Å². The number of ether oxygens (including phenoxy) is 1. The Balaban J connectivity index is 1.76. The number of hydrogen-bond donors (Lipinski definition) is 1. The Morgan fingerprint density at radius 3 is 3.00 bits per heavy atom. The first-order chi connectivity index (χ1) is 9.15. The summed E-state index contributed by atoms with van der Waals surface area (Å²) in [4.78, 5) is 12.7. The molecule has 0 saturated carbocycles. The summed E-state index contributed by atoms with van der Waals surface area (Å²) in [5, 5.41) is 9.24. The SMILES string of the molecule is O=C(O)CCCN1CCC(Oc2ccccc2Cl)C1. The van der Waals surface area contributed by atoms with Gasteiger partial charge < -0.3 is 9.84 Å². The van der Waals surface area contributed by atoms with Crippen LogP contribution in [0.25, 0.3) is 0 Å². The zero-order chi connectivity index (χ0) is 13.7. The number of carboxylic acid groups (broad SMARTS) is 1. The van der Waals surface area contributed by atoms with Crippen molar-refractivity contribution >= 4 is 17.6 Å². The molecule has 1 N–H and O–H groups in total. The molecule has 1 heterocycles. The summed E-state index contributed by atoms with van der Waals surface area (Å²) >= 11 is 6.05. The molecule has 5 heteroatoms. The summed E-state index contributed by atoms with van der Waals surface area (Å²) in [6.07, 6.45) is 2.02. The third kappa shape index (κ3) is 4.40. The molecular weight excluding hydrogens is 266 g/mol. The topological polar surface area (TPSA) is 49.8 Å². The molecular formula is C14H18ClNO3. The highest BCUT2D eigenvalue weighted by atomic mass is 35.5. The molecule has 0 aromatic heterocycles. The Bertz CT molecular complexity index is 438. The summed E-state index contributed by atoms with van der Waals surface area (Å²) < 4.78 is 5.87. The van der Waals surface area contributed by atoms with Gasteiger partial charge in [0.25, 0.3) is 0 Å². The summed E-state index contributed by atoms with van der Waals surface area (Å²) in [6, 6.07) is 7.47. The van der Waals surface area contributed by atoms with Crippen molar-refractivity contribution in [1.29, 1.82) is 0 Å². The number of hydrogen-bond acceptors (Lipinski definition) is 3. The molecule has 1 aliphatic rings. The number of likely N-dealkylation sites (tertiary alicyclic amines) is 1. The first-order valence-electron chi connectivity index (χ1n) is 6.50. The van der Waals surface area contributed by atoms with E-state index < -0.39 is 5.97 Å². The van der Waals surface area contributed by atoms with Crippen molar-refractivity contribution in [2.75, 3.05) is 19.6 Å². The molecule has 0 aliphatic carbocycles. The van der Waals surface area contributed by atoms with E-state index in [1.54, 1.807) is 0 Å². The molecule has 1 saturated heterocycles. The van der Waals surface area contributed by atoms with Crippen LogP contribution in [-0.4, -0.2) is 41.7 Å². The Morgan fingerprint density at radius 1 is 1.47 bits per heavy atom. The number of aliphatic carboxylic acids is 1. The number of rotatable bonds is 6. The van der Waals surface area contributed by atoms with Gasteiger partial charge >= 0.3 is 5.97 Å². The fourth-order valence-corrected chi connectivity index (χ4v) is 2.45. The first kappa shape index (κ1) is 14.2. The first-order valence-corrected chi connectivity index (χ1v) is 6.88. The molecule has 1 aromatic rings. The van der Waals surface area contributed by atoms with Gasteiger partial charge in [-0.2, -0.15) is 0 Å². The zero-order valence-corrected chi connectivity index (χ0v) is 11.5. The van der Waals surface area contributed by atoms with Gasteiger partial charge in [0.1, 0.15) is 11.9 Å². The molecule has 0 radical (unpaired) electrons. The molecule has 1 fully saturated rings. The van der Waals surface area contributed by atoms with Gasteiger partial charge in [-0.25, -0.2) is 0 Å². The van der Waals surface area contributed by atoms with Gasteiger partial charge in [-0.3, -0.25) is 9.69 Å². The maximum atomic E-state index is 10.5. The summed E-state index contributed by atoms with van der Waals surface area (Å²) in [6.45, 7) is 2.61. The lowest BCUT2D eigenvalue weighted by atomic mass is 10.3. The van der Waals surface area contributed by atoms with E-state index >= 15 is 0 Å². The van der Waals surface area contributed by atoms with Crippen molar-refractivity contribution in [3.8, 4) is 5.75 Å². The van der Waals surface area contributed by atoms with Crippen molar-refractivity contribution in [2.45, 2.75) is 25.4 Å². The average molecular weight is 284 g/mol. The van der Waals surface area contributed by atoms with Crippen LogP contribution in [0.5, 0.6) is 5.75 Å². The Hall–Kier alpha value is -1.26. The summed E-state index contributed by atoms with van der Waals surface area (Å²) in [5.74, 6) is -0.00961. The molecule has 0 amide bonds. The second kappa shape index (κ2) is 6.78. The number of para-hydroxylation sites is 1. The minimum Gasteiger partial charge on any atom is -0.487 e. The van der Waals surface area contributed by atoms with Gasteiger partial charge in [0.05, 0.1) is 5.02 Å². The van der Waals surface area contributed by atoms with Gasteiger partial charge in [0.2, 0.25) is 0 Å². The van der Waals surface area contributed by atoms with Crippen LogP contribution >= 0.6 is 11.6 Å². The molecule has 1 unspecified atom stereocenters. The van der Waals surface area contributed by atoms with Gasteiger partial charge in [0.15, 0.2) is 0 Å². The van der Waals surface area contributed by atoms with Crippen LogP contribution in [0.2, 0.25) is 5.02 Å². The predicted octanol–water partition coefficient (Wildman–Crippen LogP) is 2.66. The van der Waals surface area contributed by atoms with E-state index in [2.05, 4.69) is 4.90 Å². The Morgan fingerprint density at radius 2 is 2.26 bits per heavy atom. The number of benzene rings is 1. The van der Waals surface area contributed by atoms with Gasteiger partial charge in [0, 0.05) is 19.5 Å². The number of nitrogens with zero attached hydrogens (tertiary/aromatic N) is 1. The minimum absolute atomic E-state index is 0.143. The smallest absolute Gasteiger partial charge is 0.303 e. The molecule has 1 atom stereocenters. The van der Waals surface area contributed by atoms with Crippen molar-refractivity contribution in [3.05, 3.63) is 29.3 Å². The molecule has 0 spiro atoms. The largest absolute Gasteiger partial charge is 0.487 e. The highest BCUT2D eigenvalue weighted by molar-refractivity contribution is 6.32. The van der Waals surface area contributed by atoms with E-state index in [-0.39, 0.29) is 12.5 Å². The maximum absolute atomic E-state index is 10.5. The minimum atomic E-state index is -0.733. The van der Waals surface area contributed by atoms with E-state index in [4.69, 9.17) is 21.4 Å². The molecule has 19 heavy (non-hydrogen) atoms. The molecule has 4 nitrogen and oxygen atoms in total. The Labute approximate surface area is 117 Å². The van der Waals surface area contributed by atoms with E-state index in [0.29, 0.717) is 11.4 Å². The molecule has 2 rings (SSSR count). The number of carbonyl (C=O) groups is 1. The van der Waals surface area contributed by atoms with E-state index in [0.717, 1.165) is 31.8 Å². The Kier molecular flexibility index (Phi) is 5.05. The van der Waals surface area contributed by atoms with E-state index in [1.807, 2.05) is 24.3 Å². The fraction of sp³-hybridized carbons (Fsp3) is 0.500. The second-order valence-electron chi connectivity index (χ2n) is 4.76. The van der Waals surface area contributed by atoms with Crippen LogP contribution in [0.3, 0.4) is 0 Å².